The molecule has 0 spiro atoms. The lowest BCUT2D eigenvalue weighted by atomic mass is 10.1. The van der Waals surface area contributed by atoms with Crippen LogP contribution in [0.2, 0.25) is 0 Å². The van der Waals surface area contributed by atoms with Gasteiger partial charge < -0.3 is 15.3 Å². The van der Waals surface area contributed by atoms with Crippen LogP contribution in [0.3, 0.4) is 0 Å². The van der Waals surface area contributed by atoms with Crippen molar-refractivity contribution in [3.63, 3.8) is 0 Å². The summed E-state index contributed by atoms with van der Waals surface area (Å²) in [6.07, 6.45) is 3.48. The highest BCUT2D eigenvalue weighted by Gasteiger charge is 2.27. The fourth-order valence-electron chi connectivity index (χ4n) is 3.27. The first kappa shape index (κ1) is 13.3. The van der Waals surface area contributed by atoms with Gasteiger partial charge in [-0.15, -0.1) is 0 Å². The monoisotopic (exact) mass is 241 g/mol. The van der Waals surface area contributed by atoms with Crippen LogP contribution in [0.25, 0.3) is 0 Å². The van der Waals surface area contributed by atoms with Crippen LogP contribution in [-0.4, -0.2) is 72.9 Å². The molecule has 17 heavy (non-hydrogen) atoms. The molecule has 0 saturated carbocycles. The summed E-state index contributed by atoms with van der Waals surface area (Å²) in [5.41, 5.74) is 0. The minimum atomic E-state index is -0.132. The van der Waals surface area contributed by atoms with Gasteiger partial charge in [-0.25, -0.2) is 0 Å². The van der Waals surface area contributed by atoms with Gasteiger partial charge in [0.25, 0.3) is 0 Å². The largest absolute Gasteiger partial charge is 0.392 e. The first-order valence-corrected chi connectivity index (χ1v) is 7.03. The topological polar surface area (TPSA) is 38.7 Å². The smallest absolute Gasteiger partial charge is 0.0680 e. The quantitative estimate of drug-likeness (QED) is 0.717. The number of rotatable bonds is 5. The van der Waals surface area contributed by atoms with Gasteiger partial charge in [0.1, 0.15) is 0 Å². The van der Waals surface area contributed by atoms with Crippen molar-refractivity contribution in [2.75, 3.05) is 39.8 Å². The van der Waals surface area contributed by atoms with E-state index in [1.165, 1.54) is 32.5 Å². The minimum absolute atomic E-state index is 0.132. The third kappa shape index (κ3) is 3.65. The second-order valence-electron chi connectivity index (χ2n) is 5.64. The molecule has 0 aromatic heterocycles. The van der Waals surface area contributed by atoms with Crippen LogP contribution in [0, 0.1) is 0 Å². The van der Waals surface area contributed by atoms with E-state index in [1.54, 1.807) is 0 Å². The summed E-state index contributed by atoms with van der Waals surface area (Å²) in [5.74, 6) is 0. The fourth-order valence-corrected chi connectivity index (χ4v) is 3.27. The number of hydrogen-bond acceptors (Lipinski definition) is 4. The van der Waals surface area contributed by atoms with E-state index < -0.39 is 0 Å². The third-order valence-electron chi connectivity index (χ3n) is 4.16. The molecule has 0 aromatic carbocycles. The van der Waals surface area contributed by atoms with E-state index >= 15 is 0 Å². The Morgan fingerprint density at radius 1 is 1.41 bits per heavy atom. The summed E-state index contributed by atoms with van der Waals surface area (Å²) in [6.45, 7) is 7.71. The number of hydrogen-bond donors (Lipinski definition) is 2. The van der Waals surface area contributed by atoms with Gasteiger partial charge in [0.05, 0.1) is 6.10 Å². The van der Waals surface area contributed by atoms with E-state index in [0.717, 1.165) is 25.6 Å². The average molecular weight is 241 g/mol. The van der Waals surface area contributed by atoms with Crippen LogP contribution in [0.4, 0.5) is 0 Å². The molecule has 4 nitrogen and oxygen atoms in total. The lowest BCUT2D eigenvalue weighted by molar-refractivity contribution is 0.177. The van der Waals surface area contributed by atoms with Crippen molar-refractivity contribution < 1.29 is 5.11 Å². The van der Waals surface area contributed by atoms with Crippen molar-refractivity contribution in [2.45, 2.75) is 44.4 Å². The number of aliphatic hydroxyl groups excluding tert-OH is 1. The van der Waals surface area contributed by atoms with E-state index in [1.807, 2.05) is 0 Å². The van der Waals surface area contributed by atoms with E-state index in [4.69, 9.17) is 0 Å². The molecule has 2 heterocycles. The predicted octanol–water partition coefficient (Wildman–Crippen LogP) is 0.125. The third-order valence-corrected chi connectivity index (χ3v) is 4.16. The van der Waals surface area contributed by atoms with E-state index in [0.29, 0.717) is 6.04 Å². The zero-order chi connectivity index (χ0) is 12.3. The summed E-state index contributed by atoms with van der Waals surface area (Å²) in [7, 11) is 2.21. The Bertz CT molecular complexity index is 237. The van der Waals surface area contributed by atoms with Crippen molar-refractivity contribution >= 4 is 0 Å². The summed E-state index contributed by atoms with van der Waals surface area (Å²) in [5, 5.41) is 12.9. The van der Waals surface area contributed by atoms with Gasteiger partial charge in [0.15, 0.2) is 0 Å². The molecule has 2 rings (SSSR count). The maximum absolute atomic E-state index is 9.49. The number of aliphatic hydroxyl groups is 1. The van der Waals surface area contributed by atoms with Crippen LogP contribution in [-0.2, 0) is 0 Å². The molecular weight excluding hydrogens is 214 g/mol. The molecule has 4 heteroatoms. The lowest BCUT2D eigenvalue weighted by Crippen LogP contribution is -2.43. The zero-order valence-corrected chi connectivity index (χ0v) is 11.2. The van der Waals surface area contributed by atoms with Gasteiger partial charge in [-0.05, 0) is 39.4 Å². The molecule has 2 fully saturated rings. The molecule has 2 saturated heterocycles. The summed E-state index contributed by atoms with van der Waals surface area (Å²) in [6, 6.07) is 1.22. The molecule has 0 bridgehead atoms. The molecule has 3 unspecified atom stereocenters. The molecule has 100 valence electrons. The SMILES string of the molecule is CCN1CCCC1CN(C)CC1CC(O)CN1. The van der Waals surface area contributed by atoms with Crippen LogP contribution < -0.4 is 5.32 Å². The number of nitrogens with one attached hydrogen (secondary N) is 1. The van der Waals surface area contributed by atoms with Gasteiger partial charge in [-0.1, -0.05) is 6.92 Å². The van der Waals surface area contributed by atoms with Crippen molar-refractivity contribution in [1.29, 1.82) is 0 Å². The maximum Gasteiger partial charge on any atom is 0.0680 e. The van der Waals surface area contributed by atoms with Crippen molar-refractivity contribution in [3.05, 3.63) is 0 Å². The second kappa shape index (κ2) is 6.14. The Morgan fingerprint density at radius 3 is 2.88 bits per heavy atom. The van der Waals surface area contributed by atoms with Gasteiger partial charge in [0, 0.05) is 31.7 Å². The first-order valence-electron chi connectivity index (χ1n) is 7.03. The van der Waals surface area contributed by atoms with Crippen LogP contribution in [0.15, 0.2) is 0 Å². The highest BCUT2D eigenvalue weighted by atomic mass is 16.3. The van der Waals surface area contributed by atoms with E-state index in [-0.39, 0.29) is 6.10 Å². The maximum atomic E-state index is 9.49. The van der Waals surface area contributed by atoms with Crippen molar-refractivity contribution in [2.24, 2.45) is 0 Å². The molecule has 0 aliphatic carbocycles. The van der Waals surface area contributed by atoms with Gasteiger partial charge in [0.2, 0.25) is 0 Å². The molecule has 3 atom stereocenters. The number of likely N-dealkylation sites (N-methyl/N-ethyl adjacent to an activating group) is 2. The highest BCUT2D eigenvalue weighted by molar-refractivity contribution is 4.85. The Kier molecular flexibility index (Phi) is 4.79. The first-order chi connectivity index (χ1) is 8.19. The molecule has 0 aromatic rings. The minimum Gasteiger partial charge on any atom is -0.392 e. The van der Waals surface area contributed by atoms with E-state index in [2.05, 4.69) is 29.1 Å². The second-order valence-corrected chi connectivity index (χ2v) is 5.64. The van der Waals surface area contributed by atoms with Crippen LogP contribution in [0.1, 0.15) is 26.2 Å². The number of likely N-dealkylation sites (tertiary alicyclic amines) is 1. The summed E-state index contributed by atoms with van der Waals surface area (Å²) in [4.78, 5) is 5.02. The van der Waals surface area contributed by atoms with Gasteiger partial charge >= 0.3 is 0 Å². The number of β-amino-alcohol motifs (C(OH)–C–C–N with tert-alkyl or cyclic N) is 1. The highest BCUT2D eigenvalue weighted by Crippen LogP contribution is 2.17. The lowest BCUT2D eigenvalue weighted by Gasteiger charge is -2.29. The number of nitrogens with zero attached hydrogens (tertiary/aromatic N) is 2. The zero-order valence-electron chi connectivity index (χ0n) is 11.2. The average Bonchev–Trinajstić information content (AvgIpc) is 2.87. The van der Waals surface area contributed by atoms with E-state index in [9.17, 15) is 5.11 Å². The summed E-state index contributed by atoms with van der Waals surface area (Å²) >= 11 is 0. The Morgan fingerprint density at radius 2 is 2.24 bits per heavy atom. The molecular formula is C13H27N3O. The molecule has 2 aliphatic rings. The molecule has 0 amide bonds. The Labute approximate surface area is 105 Å². The van der Waals surface area contributed by atoms with Crippen LogP contribution in [0.5, 0.6) is 0 Å². The standard InChI is InChI=1S/C13H27N3O/c1-3-16-6-4-5-12(16)10-15(2)9-11-7-13(17)8-14-11/h11-14,17H,3-10H2,1-2H3. The van der Waals surface area contributed by atoms with Crippen molar-refractivity contribution in [1.82, 2.24) is 15.1 Å². The predicted molar refractivity (Wildman–Crippen MR) is 70.2 cm³/mol. The Hall–Kier alpha value is -0.160. The normalized spacial score (nSPS) is 34.9. The molecule has 0 radical (unpaired) electrons. The summed E-state index contributed by atoms with van der Waals surface area (Å²) < 4.78 is 0. The van der Waals surface area contributed by atoms with Gasteiger partial charge in [-0.2, -0.15) is 0 Å². The molecule has 2 N–H and O–H groups in total. The van der Waals surface area contributed by atoms with Crippen molar-refractivity contribution in [3.8, 4) is 0 Å². The fraction of sp³-hybridized carbons (Fsp3) is 1.00. The van der Waals surface area contributed by atoms with Crippen LogP contribution >= 0.6 is 0 Å². The Balaban J connectivity index is 1.71. The molecule has 2 aliphatic heterocycles. The van der Waals surface area contributed by atoms with Gasteiger partial charge in [-0.3, -0.25) is 4.90 Å².